The van der Waals surface area contributed by atoms with E-state index in [1.54, 1.807) is 17.0 Å². The number of aliphatic carboxylic acids is 2. The van der Waals surface area contributed by atoms with Gasteiger partial charge in [0.2, 0.25) is 10.0 Å². The number of halogens is 1. The van der Waals surface area contributed by atoms with Crippen LogP contribution >= 0.6 is 0 Å². The van der Waals surface area contributed by atoms with Crippen LogP contribution in [-0.4, -0.2) is 71.9 Å². The molecule has 0 saturated carbocycles. The molecule has 29 heavy (non-hydrogen) atoms. The molecule has 1 amide bonds. The monoisotopic (exact) mass is 428 g/mol. The van der Waals surface area contributed by atoms with Crippen molar-refractivity contribution in [1.82, 2.24) is 9.21 Å². The standard InChI is InChI=1S/C15H15FN2O4S.C2H2O4/c16-12-3-5-13(6-4-12)23(20,21)18-9-7-17(8-10-18)15(19)14-2-1-11-22-14;3-1(4)2(5)6/h1-6,11H,7-10H2;(H,3,4)(H,5,6). The van der Waals surface area contributed by atoms with E-state index in [4.69, 9.17) is 24.2 Å². The average molecular weight is 428 g/mol. The van der Waals surface area contributed by atoms with Crippen molar-refractivity contribution in [2.24, 2.45) is 0 Å². The van der Waals surface area contributed by atoms with Gasteiger partial charge in [-0.05, 0) is 36.4 Å². The molecule has 0 spiro atoms. The van der Waals surface area contributed by atoms with Gasteiger partial charge in [-0.2, -0.15) is 4.31 Å². The Morgan fingerprint density at radius 1 is 0.931 bits per heavy atom. The molecule has 1 aromatic heterocycles. The van der Waals surface area contributed by atoms with E-state index in [2.05, 4.69) is 0 Å². The Balaban J connectivity index is 0.000000438. The van der Waals surface area contributed by atoms with E-state index in [9.17, 15) is 17.6 Å². The van der Waals surface area contributed by atoms with Gasteiger partial charge in [0.15, 0.2) is 5.76 Å². The molecule has 1 saturated heterocycles. The van der Waals surface area contributed by atoms with Crippen LogP contribution in [0.25, 0.3) is 0 Å². The largest absolute Gasteiger partial charge is 0.473 e. The average Bonchev–Trinajstić information content (AvgIpc) is 3.23. The number of sulfonamides is 1. The molecule has 1 aliphatic rings. The Bertz CT molecular complexity index is 953. The first-order chi connectivity index (χ1) is 13.6. The summed E-state index contributed by atoms with van der Waals surface area (Å²) in [6.07, 6.45) is 1.42. The number of hydrogen-bond donors (Lipinski definition) is 2. The number of carbonyl (C=O) groups is 3. The lowest BCUT2D eigenvalue weighted by Gasteiger charge is -2.33. The molecule has 156 valence electrons. The fourth-order valence-electron chi connectivity index (χ4n) is 2.44. The highest BCUT2D eigenvalue weighted by molar-refractivity contribution is 7.89. The Hall–Kier alpha value is -3.25. The minimum absolute atomic E-state index is 0.0460. The minimum Gasteiger partial charge on any atom is -0.473 e. The Morgan fingerprint density at radius 2 is 1.48 bits per heavy atom. The predicted molar refractivity (Wildman–Crippen MR) is 95.0 cm³/mol. The maximum Gasteiger partial charge on any atom is 0.414 e. The van der Waals surface area contributed by atoms with Crippen molar-refractivity contribution in [3.05, 3.63) is 54.2 Å². The van der Waals surface area contributed by atoms with Crippen LogP contribution in [0.3, 0.4) is 0 Å². The van der Waals surface area contributed by atoms with Gasteiger partial charge in [-0.25, -0.2) is 22.4 Å². The molecule has 1 aromatic carbocycles. The Morgan fingerprint density at radius 3 is 1.93 bits per heavy atom. The van der Waals surface area contributed by atoms with Gasteiger partial charge in [0.1, 0.15) is 5.82 Å². The van der Waals surface area contributed by atoms with E-state index >= 15 is 0 Å². The zero-order chi connectivity index (χ0) is 21.6. The van der Waals surface area contributed by atoms with Gasteiger partial charge in [-0.1, -0.05) is 0 Å². The first-order valence-corrected chi connectivity index (χ1v) is 9.61. The summed E-state index contributed by atoms with van der Waals surface area (Å²) in [5.41, 5.74) is 0. The number of furan rings is 1. The van der Waals surface area contributed by atoms with Gasteiger partial charge in [0.25, 0.3) is 5.91 Å². The summed E-state index contributed by atoms with van der Waals surface area (Å²) in [5.74, 6) is -4.16. The first-order valence-electron chi connectivity index (χ1n) is 8.17. The van der Waals surface area contributed by atoms with Crippen LogP contribution in [0, 0.1) is 5.82 Å². The van der Waals surface area contributed by atoms with E-state index in [0.717, 1.165) is 12.1 Å². The highest BCUT2D eigenvalue weighted by atomic mass is 32.2. The van der Waals surface area contributed by atoms with Crippen LogP contribution in [0.1, 0.15) is 10.6 Å². The molecular weight excluding hydrogens is 411 g/mol. The number of amides is 1. The van der Waals surface area contributed by atoms with Gasteiger partial charge in [-0.15, -0.1) is 0 Å². The van der Waals surface area contributed by atoms with Crippen molar-refractivity contribution in [2.45, 2.75) is 4.90 Å². The normalized spacial score (nSPS) is 14.6. The van der Waals surface area contributed by atoms with Gasteiger partial charge in [0.05, 0.1) is 11.2 Å². The van der Waals surface area contributed by atoms with Gasteiger partial charge in [-0.3, -0.25) is 4.79 Å². The number of carboxylic acid groups (broad SMARTS) is 2. The van der Waals surface area contributed by atoms with Crippen molar-refractivity contribution < 1.29 is 41.8 Å². The van der Waals surface area contributed by atoms with Gasteiger partial charge < -0.3 is 19.5 Å². The maximum atomic E-state index is 12.9. The molecule has 0 radical (unpaired) electrons. The maximum absolute atomic E-state index is 12.9. The lowest BCUT2D eigenvalue weighted by molar-refractivity contribution is -0.159. The third kappa shape index (κ3) is 5.62. The van der Waals surface area contributed by atoms with Crippen LogP contribution in [0.2, 0.25) is 0 Å². The van der Waals surface area contributed by atoms with Gasteiger partial charge in [0, 0.05) is 26.2 Å². The number of carbonyl (C=O) groups excluding carboxylic acids is 1. The van der Waals surface area contributed by atoms with Crippen LogP contribution in [0.5, 0.6) is 0 Å². The number of rotatable bonds is 3. The van der Waals surface area contributed by atoms with Crippen LogP contribution in [0.4, 0.5) is 4.39 Å². The Labute approximate surface area is 164 Å². The molecule has 1 fully saturated rings. The van der Waals surface area contributed by atoms with Crippen molar-refractivity contribution in [1.29, 1.82) is 0 Å². The summed E-state index contributed by atoms with van der Waals surface area (Å²) in [4.78, 5) is 31.9. The summed E-state index contributed by atoms with van der Waals surface area (Å²) in [7, 11) is -3.68. The quantitative estimate of drug-likeness (QED) is 0.680. The van der Waals surface area contributed by atoms with E-state index < -0.39 is 27.8 Å². The van der Waals surface area contributed by atoms with Crippen LogP contribution in [0.15, 0.2) is 52.0 Å². The highest BCUT2D eigenvalue weighted by Crippen LogP contribution is 2.19. The molecule has 2 heterocycles. The smallest absolute Gasteiger partial charge is 0.414 e. The fraction of sp³-hybridized carbons (Fsp3) is 0.235. The molecule has 2 N–H and O–H groups in total. The van der Waals surface area contributed by atoms with E-state index in [-0.39, 0.29) is 42.7 Å². The van der Waals surface area contributed by atoms with Crippen LogP contribution in [-0.2, 0) is 19.6 Å². The number of carboxylic acids is 2. The molecular formula is C17H17FN2O8S. The molecule has 0 atom stereocenters. The fourth-order valence-corrected chi connectivity index (χ4v) is 3.87. The summed E-state index contributed by atoms with van der Waals surface area (Å²) in [6.45, 7) is 0.929. The zero-order valence-corrected chi connectivity index (χ0v) is 15.7. The second kappa shape index (κ2) is 9.30. The third-order valence-corrected chi connectivity index (χ3v) is 5.81. The molecule has 0 unspecified atom stereocenters. The molecule has 0 bridgehead atoms. The number of nitrogens with zero attached hydrogens (tertiary/aromatic N) is 2. The SMILES string of the molecule is O=C(O)C(=O)O.O=C(c1ccco1)N1CCN(S(=O)(=O)c2ccc(F)cc2)CC1. The summed E-state index contributed by atoms with van der Waals surface area (Å²) < 4.78 is 44.3. The summed E-state index contributed by atoms with van der Waals surface area (Å²) in [5, 5.41) is 14.8. The predicted octanol–water partition coefficient (Wildman–Crippen LogP) is 0.721. The highest BCUT2D eigenvalue weighted by Gasteiger charge is 2.31. The van der Waals surface area contributed by atoms with Crippen molar-refractivity contribution in [2.75, 3.05) is 26.2 Å². The van der Waals surface area contributed by atoms with Crippen LogP contribution < -0.4 is 0 Å². The summed E-state index contributed by atoms with van der Waals surface area (Å²) in [6, 6.07) is 7.91. The minimum atomic E-state index is -3.68. The van der Waals surface area contributed by atoms with E-state index in [1.165, 1.54) is 22.7 Å². The van der Waals surface area contributed by atoms with Crippen molar-refractivity contribution in [3.63, 3.8) is 0 Å². The molecule has 2 aromatic rings. The molecule has 3 rings (SSSR count). The second-order valence-electron chi connectivity index (χ2n) is 5.74. The third-order valence-electron chi connectivity index (χ3n) is 3.89. The Kier molecular flexibility index (Phi) is 7.07. The van der Waals surface area contributed by atoms with Gasteiger partial charge >= 0.3 is 11.9 Å². The lowest BCUT2D eigenvalue weighted by atomic mass is 10.3. The van der Waals surface area contributed by atoms with E-state index in [1.807, 2.05) is 0 Å². The van der Waals surface area contributed by atoms with Crippen molar-refractivity contribution >= 4 is 27.9 Å². The topological polar surface area (TPSA) is 145 Å². The molecule has 10 nitrogen and oxygen atoms in total. The molecule has 1 aliphatic heterocycles. The number of piperazine rings is 1. The second-order valence-corrected chi connectivity index (χ2v) is 7.68. The zero-order valence-electron chi connectivity index (χ0n) is 14.9. The number of hydrogen-bond acceptors (Lipinski definition) is 6. The first kappa shape index (κ1) is 22.0. The van der Waals surface area contributed by atoms with Crippen molar-refractivity contribution in [3.8, 4) is 0 Å². The number of benzene rings is 1. The molecule has 12 heteroatoms. The van der Waals surface area contributed by atoms with E-state index in [0.29, 0.717) is 0 Å². The molecule has 0 aliphatic carbocycles. The summed E-state index contributed by atoms with van der Waals surface area (Å²) >= 11 is 0. The lowest BCUT2D eigenvalue weighted by Crippen LogP contribution is -2.50.